The number of alkyl halides is 2. The lowest BCUT2D eigenvalue weighted by molar-refractivity contribution is -0.00903. The molecule has 25 heavy (non-hydrogen) atoms. The number of hydrogen-bond acceptors (Lipinski definition) is 2. The van der Waals surface area contributed by atoms with E-state index < -0.39 is 32.2 Å². The number of hydrogen-bond donors (Lipinski definition) is 1. The van der Waals surface area contributed by atoms with Crippen LogP contribution in [0.3, 0.4) is 0 Å². The molecule has 1 amide bonds. The highest BCUT2D eigenvalue weighted by Crippen LogP contribution is 2.33. The van der Waals surface area contributed by atoms with Crippen molar-refractivity contribution in [3.8, 4) is 11.5 Å². The fourth-order valence-electron chi connectivity index (χ4n) is 1.74. The molecule has 138 valence electrons. The standard InChI is InChI=1S/C18H24ClF2NO2Si/c1-17(2,3)24-16(23)22-12-18(20,21)14-8-7-13(11-15(14)19)9-10-25(4,5)6/h7-8,11H,12H2,1-6H3,(H,22,23). The van der Waals surface area contributed by atoms with E-state index in [0.29, 0.717) is 5.56 Å². The molecule has 0 saturated carbocycles. The summed E-state index contributed by atoms with van der Waals surface area (Å²) >= 11 is 6.01. The third kappa shape index (κ3) is 7.89. The first-order valence-corrected chi connectivity index (χ1v) is 11.8. The van der Waals surface area contributed by atoms with Crippen molar-refractivity contribution in [2.24, 2.45) is 0 Å². The SMILES string of the molecule is CC(C)(C)OC(=O)NCC(F)(F)c1ccc(C#C[Si](C)(C)C)cc1Cl. The number of ether oxygens (including phenoxy) is 1. The van der Waals surface area contributed by atoms with Gasteiger partial charge in [0.15, 0.2) is 0 Å². The second kappa shape index (κ2) is 7.75. The summed E-state index contributed by atoms with van der Waals surface area (Å²) in [6.07, 6.45) is -0.902. The summed E-state index contributed by atoms with van der Waals surface area (Å²) in [6.45, 7) is 10.3. The number of halogens is 3. The van der Waals surface area contributed by atoms with Gasteiger partial charge in [-0.1, -0.05) is 43.2 Å². The normalized spacial score (nSPS) is 12.2. The van der Waals surface area contributed by atoms with E-state index in [1.54, 1.807) is 20.8 Å². The van der Waals surface area contributed by atoms with Gasteiger partial charge in [-0.3, -0.25) is 0 Å². The summed E-state index contributed by atoms with van der Waals surface area (Å²) in [6, 6.07) is 4.18. The summed E-state index contributed by atoms with van der Waals surface area (Å²) in [5.74, 6) is -0.348. The van der Waals surface area contributed by atoms with Gasteiger partial charge in [-0.25, -0.2) is 4.79 Å². The minimum atomic E-state index is -3.32. The molecule has 1 N–H and O–H groups in total. The maximum Gasteiger partial charge on any atom is 0.407 e. The van der Waals surface area contributed by atoms with Crippen LogP contribution in [0.2, 0.25) is 24.7 Å². The Morgan fingerprint density at radius 1 is 1.28 bits per heavy atom. The minimum Gasteiger partial charge on any atom is -0.444 e. The van der Waals surface area contributed by atoms with E-state index in [0.717, 1.165) is 0 Å². The molecule has 0 aliphatic heterocycles. The highest BCUT2D eigenvalue weighted by Gasteiger charge is 2.35. The second-order valence-corrected chi connectivity index (χ2v) is 12.9. The van der Waals surface area contributed by atoms with Crippen molar-refractivity contribution < 1.29 is 18.3 Å². The van der Waals surface area contributed by atoms with Crippen molar-refractivity contribution in [2.75, 3.05) is 6.54 Å². The molecular weight excluding hydrogens is 364 g/mol. The number of amides is 1. The summed E-state index contributed by atoms with van der Waals surface area (Å²) in [5, 5.41) is 1.99. The van der Waals surface area contributed by atoms with Crippen LogP contribution in [0.5, 0.6) is 0 Å². The van der Waals surface area contributed by atoms with Crippen molar-refractivity contribution >= 4 is 25.8 Å². The van der Waals surface area contributed by atoms with E-state index >= 15 is 0 Å². The molecule has 1 aromatic carbocycles. The molecular formula is C18H24ClF2NO2Si. The van der Waals surface area contributed by atoms with Gasteiger partial charge in [-0.2, -0.15) is 8.78 Å². The van der Waals surface area contributed by atoms with Crippen molar-refractivity contribution in [1.29, 1.82) is 0 Å². The Morgan fingerprint density at radius 2 is 1.88 bits per heavy atom. The molecule has 1 aromatic rings. The van der Waals surface area contributed by atoms with Crippen molar-refractivity contribution in [2.45, 2.75) is 51.9 Å². The minimum absolute atomic E-state index is 0.0848. The fourth-order valence-corrected chi connectivity index (χ4v) is 2.58. The summed E-state index contributed by atoms with van der Waals surface area (Å²) in [5.41, 5.74) is 2.63. The average Bonchev–Trinajstić information content (AvgIpc) is 2.40. The first-order chi connectivity index (χ1) is 11.2. The number of carbonyl (C=O) groups is 1. The number of rotatable bonds is 3. The van der Waals surface area contributed by atoms with Crippen LogP contribution in [0.15, 0.2) is 18.2 Å². The fraction of sp³-hybridized carbons (Fsp3) is 0.500. The van der Waals surface area contributed by atoms with Crippen LogP contribution >= 0.6 is 11.6 Å². The molecule has 3 nitrogen and oxygen atoms in total. The van der Waals surface area contributed by atoms with Crippen molar-refractivity contribution in [1.82, 2.24) is 5.32 Å². The third-order valence-electron chi connectivity index (χ3n) is 2.80. The van der Waals surface area contributed by atoms with Gasteiger partial charge in [0.05, 0.1) is 11.6 Å². The van der Waals surface area contributed by atoms with E-state index in [1.165, 1.54) is 18.2 Å². The van der Waals surface area contributed by atoms with Gasteiger partial charge in [-0.15, -0.1) is 5.54 Å². The van der Waals surface area contributed by atoms with Gasteiger partial charge in [0, 0.05) is 11.1 Å². The summed E-state index contributed by atoms with van der Waals surface area (Å²) in [7, 11) is -1.57. The maximum absolute atomic E-state index is 14.3. The van der Waals surface area contributed by atoms with Gasteiger partial charge in [0.2, 0.25) is 0 Å². The Bertz CT molecular complexity index is 698. The monoisotopic (exact) mass is 387 g/mol. The smallest absolute Gasteiger partial charge is 0.407 e. The molecule has 0 unspecified atom stereocenters. The molecule has 0 heterocycles. The molecule has 0 spiro atoms. The zero-order valence-corrected chi connectivity index (χ0v) is 17.1. The Labute approximate surface area is 154 Å². The molecule has 1 rings (SSSR count). The van der Waals surface area contributed by atoms with Crippen molar-refractivity contribution in [3.63, 3.8) is 0 Å². The second-order valence-electron chi connectivity index (χ2n) is 7.75. The quantitative estimate of drug-likeness (QED) is 0.572. The van der Waals surface area contributed by atoms with Crippen molar-refractivity contribution in [3.05, 3.63) is 34.3 Å². The molecule has 0 aromatic heterocycles. The molecule has 0 aliphatic carbocycles. The molecule has 0 radical (unpaired) electrons. The summed E-state index contributed by atoms with van der Waals surface area (Å²) in [4.78, 5) is 11.5. The Balaban J connectivity index is 2.88. The molecule has 0 fully saturated rings. The van der Waals surface area contributed by atoms with Crippen LogP contribution in [-0.4, -0.2) is 26.3 Å². The van der Waals surface area contributed by atoms with Gasteiger partial charge < -0.3 is 10.1 Å². The molecule has 0 saturated heterocycles. The number of nitrogens with one attached hydrogen (secondary N) is 1. The zero-order valence-electron chi connectivity index (χ0n) is 15.4. The van der Waals surface area contributed by atoms with Crippen LogP contribution < -0.4 is 5.32 Å². The topological polar surface area (TPSA) is 38.3 Å². The first-order valence-electron chi connectivity index (χ1n) is 7.87. The van der Waals surface area contributed by atoms with E-state index in [1.807, 2.05) is 0 Å². The van der Waals surface area contributed by atoms with E-state index in [-0.39, 0.29) is 10.6 Å². The van der Waals surface area contributed by atoms with E-state index in [9.17, 15) is 13.6 Å². The third-order valence-corrected chi connectivity index (χ3v) is 3.99. The predicted molar refractivity (Wildman–Crippen MR) is 99.8 cm³/mol. The molecule has 7 heteroatoms. The van der Waals surface area contributed by atoms with E-state index in [2.05, 4.69) is 36.4 Å². The van der Waals surface area contributed by atoms with Gasteiger partial charge in [0.25, 0.3) is 5.92 Å². The van der Waals surface area contributed by atoms with Crippen LogP contribution in [0, 0.1) is 11.5 Å². The van der Waals surface area contributed by atoms with Gasteiger partial charge >= 0.3 is 6.09 Å². The van der Waals surface area contributed by atoms with Crippen LogP contribution in [-0.2, 0) is 10.7 Å². The average molecular weight is 388 g/mol. The lowest BCUT2D eigenvalue weighted by Crippen LogP contribution is -2.38. The highest BCUT2D eigenvalue weighted by molar-refractivity contribution is 6.83. The number of alkyl carbamates (subject to hydrolysis) is 1. The Hall–Kier alpha value is -1.58. The Morgan fingerprint density at radius 3 is 2.36 bits per heavy atom. The largest absolute Gasteiger partial charge is 0.444 e. The Kier molecular flexibility index (Phi) is 6.66. The van der Waals surface area contributed by atoms with Gasteiger partial charge in [0.1, 0.15) is 13.7 Å². The van der Waals surface area contributed by atoms with Gasteiger partial charge in [-0.05, 0) is 32.9 Å². The van der Waals surface area contributed by atoms with Crippen LogP contribution in [0.1, 0.15) is 31.9 Å². The van der Waals surface area contributed by atoms with Crippen LogP contribution in [0.25, 0.3) is 0 Å². The molecule has 0 aliphatic rings. The van der Waals surface area contributed by atoms with E-state index in [4.69, 9.17) is 16.3 Å². The maximum atomic E-state index is 14.3. The molecule has 0 atom stereocenters. The lowest BCUT2D eigenvalue weighted by Gasteiger charge is -2.22. The molecule has 0 bridgehead atoms. The number of benzene rings is 1. The highest BCUT2D eigenvalue weighted by atomic mass is 35.5. The lowest BCUT2D eigenvalue weighted by atomic mass is 10.1. The summed E-state index contributed by atoms with van der Waals surface area (Å²) < 4.78 is 33.6. The number of carbonyl (C=O) groups excluding carboxylic acids is 1. The first kappa shape index (κ1) is 21.5. The van der Waals surface area contributed by atoms with Crippen LogP contribution in [0.4, 0.5) is 13.6 Å². The predicted octanol–water partition coefficient (Wildman–Crippen LogP) is 5.19. The zero-order chi connectivity index (χ0) is 19.5.